The summed E-state index contributed by atoms with van der Waals surface area (Å²) in [6.45, 7) is 3.93. The van der Waals surface area contributed by atoms with Crippen molar-refractivity contribution in [1.29, 1.82) is 0 Å². The molecule has 0 saturated heterocycles. The van der Waals surface area contributed by atoms with E-state index < -0.39 is 0 Å². The number of nitrogens with two attached hydrogens (primary N) is 1. The molecule has 0 saturated carbocycles. The van der Waals surface area contributed by atoms with Crippen LogP contribution in [-0.4, -0.2) is 11.9 Å². The summed E-state index contributed by atoms with van der Waals surface area (Å²) in [6.07, 6.45) is 0.800. The highest BCUT2D eigenvalue weighted by Gasteiger charge is 2.31. The van der Waals surface area contributed by atoms with Crippen LogP contribution >= 0.6 is 0 Å². The summed E-state index contributed by atoms with van der Waals surface area (Å²) in [5, 5.41) is 3.11. The van der Waals surface area contributed by atoms with Crippen molar-refractivity contribution >= 4 is 5.91 Å². The van der Waals surface area contributed by atoms with E-state index in [-0.39, 0.29) is 18.0 Å². The van der Waals surface area contributed by atoms with Gasteiger partial charge in [-0.3, -0.25) is 4.79 Å². The van der Waals surface area contributed by atoms with Crippen molar-refractivity contribution in [1.82, 2.24) is 5.32 Å². The lowest BCUT2D eigenvalue weighted by atomic mass is 10.0. The van der Waals surface area contributed by atoms with Crippen LogP contribution in [0.25, 0.3) is 0 Å². The van der Waals surface area contributed by atoms with Gasteiger partial charge in [0.2, 0.25) is 0 Å². The molecule has 0 radical (unpaired) electrons. The number of aryl methyl sites for hydroxylation is 2. The molecule has 0 bridgehead atoms. The minimum atomic E-state index is -0.130. The van der Waals surface area contributed by atoms with Gasteiger partial charge in [-0.1, -0.05) is 42.5 Å². The van der Waals surface area contributed by atoms with Crippen LogP contribution in [0.4, 0.5) is 0 Å². The van der Waals surface area contributed by atoms with Crippen LogP contribution in [0.1, 0.15) is 38.7 Å². The number of hydrogen-bond donors (Lipinski definition) is 2. The number of rotatable bonds is 2. The molecule has 2 aromatic carbocycles. The molecule has 1 aliphatic rings. The van der Waals surface area contributed by atoms with E-state index in [4.69, 9.17) is 5.73 Å². The van der Waals surface area contributed by atoms with Crippen molar-refractivity contribution in [3.63, 3.8) is 0 Å². The van der Waals surface area contributed by atoms with Gasteiger partial charge in [0, 0.05) is 5.56 Å². The number of benzene rings is 2. The van der Waals surface area contributed by atoms with Crippen LogP contribution in [0.15, 0.2) is 42.5 Å². The van der Waals surface area contributed by atoms with Crippen LogP contribution in [0, 0.1) is 13.8 Å². The number of carbonyl (C=O) groups excluding carboxylic acids is 1. The smallest absolute Gasteiger partial charge is 0.252 e. The molecule has 1 aliphatic carbocycles. The number of fused-ring (bicyclic) bond motifs is 1. The first kappa shape index (κ1) is 13.8. The molecule has 0 fully saturated rings. The fraction of sp³-hybridized carbons (Fsp3) is 0.278. The Morgan fingerprint density at radius 3 is 2.43 bits per heavy atom. The minimum absolute atomic E-state index is 0.0288. The van der Waals surface area contributed by atoms with Crippen LogP contribution in [0.3, 0.4) is 0 Å². The third kappa shape index (κ3) is 2.45. The zero-order chi connectivity index (χ0) is 15.0. The van der Waals surface area contributed by atoms with Gasteiger partial charge in [-0.25, -0.2) is 0 Å². The van der Waals surface area contributed by atoms with Crippen molar-refractivity contribution < 1.29 is 4.79 Å². The van der Waals surface area contributed by atoms with E-state index in [0.717, 1.165) is 28.7 Å². The van der Waals surface area contributed by atoms with Crippen molar-refractivity contribution in [3.8, 4) is 0 Å². The number of nitrogens with one attached hydrogen (secondary N) is 1. The molecule has 3 rings (SSSR count). The Balaban J connectivity index is 1.81. The summed E-state index contributed by atoms with van der Waals surface area (Å²) >= 11 is 0. The summed E-state index contributed by atoms with van der Waals surface area (Å²) in [6, 6.07) is 13.9. The van der Waals surface area contributed by atoms with Gasteiger partial charge in [-0.05, 0) is 42.5 Å². The van der Waals surface area contributed by atoms with Crippen molar-refractivity contribution in [3.05, 3.63) is 70.3 Å². The van der Waals surface area contributed by atoms with E-state index in [2.05, 4.69) is 11.4 Å². The molecule has 3 N–H and O–H groups in total. The molecule has 108 valence electrons. The van der Waals surface area contributed by atoms with Gasteiger partial charge < -0.3 is 11.1 Å². The second-order valence-electron chi connectivity index (χ2n) is 5.78. The molecule has 2 atom stereocenters. The lowest BCUT2D eigenvalue weighted by Crippen LogP contribution is -2.41. The van der Waals surface area contributed by atoms with E-state index in [1.165, 1.54) is 5.56 Å². The summed E-state index contributed by atoms with van der Waals surface area (Å²) in [4.78, 5) is 12.6. The predicted molar refractivity (Wildman–Crippen MR) is 84.2 cm³/mol. The summed E-state index contributed by atoms with van der Waals surface area (Å²) in [5.74, 6) is -0.0288. The average Bonchev–Trinajstić information content (AvgIpc) is 2.76. The van der Waals surface area contributed by atoms with Gasteiger partial charge in [0.25, 0.3) is 5.91 Å². The zero-order valence-corrected chi connectivity index (χ0v) is 12.4. The third-order valence-corrected chi connectivity index (χ3v) is 4.31. The standard InChI is InChI=1S/C18H20N2O/c1-11-6-5-7-12(2)16(11)18(21)20-15-10-13-8-3-4-9-14(13)17(15)19/h3-9,15,17H,10,19H2,1-2H3,(H,20,21)/t15-,17-/m1/s1. The van der Waals surface area contributed by atoms with Gasteiger partial charge >= 0.3 is 0 Å². The van der Waals surface area contributed by atoms with Crippen LogP contribution < -0.4 is 11.1 Å². The number of carbonyl (C=O) groups is 1. The SMILES string of the molecule is Cc1cccc(C)c1C(=O)N[C@@H]1Cc2ccccc2[C@H]1N. The first-order valence-electron chi connectivity index (χ1n) is 7.28. The van der Waals surface area contributed by atoms with E-state index in [0.29, 0.717) is 0 Å². The molecule has 1 amide bonds. The molecule has 0 unspecified atom stereocenters. The maximum atomic E-state index is 12.6. The predicted octanol–water partition coefficient (Wildman–Crippen LogP) is 2.66. The Morgan fingerprint density at radius 2 is 1.76 bits per heavy atom. The lowest BCUT2D eigenvalue weighted by molar-refractivity contribution is 0.0932. The molecule has 21 heavy (non-hydrogen) atoms. The topological polar surface area (TPSA) is 55.1 Å². The van der Waals surface area contributed by atoms with Crippen molar-refractivity contribution in [2.24, 2.45) is 5.73 Å². The largest absolute Gasteiger partial charge is 0.347 e. The molecule has 0 spiro atoms. The molecule has 0 aliphatic heterocycles. The molecule has 0 aromatic heterocycles. The Labute approximate surface area is 125 Å². The zero-order valence-electron chi connectivity index (χ0n) is 12.4. The monoisotopic (exact) mass is 280 g/mol. The average molecular weight is 280 g/mol. The Bertz CT molecular complexity index is 673. The summed E-state index contributed by atoms with van der Waals surface area (Å²) < 4.78 is 0. The van der Waals surface area contributed by atoms with Crippen molar-refractivity contribution in [2.45, 2.75) is 32.4 Å². The van der Waals surface area contributed by atoms with Crippen LogP contribution in [0.5, 0.6) is 0 Å². The maximum Gasteiger partial charge on any atom is 0.252 e. The molecule has 0 heterocycles. The quantitative estimate of drug-likeness (QED) is 0.888. The Hall–Kier alpha value is -2.13. The molecule has 3 nitrogen and oxygen atoms in total. The molecular formula is C18H20N2O. The maximum absolute atomic E-state index is 12.6. The Morgan fingerprint density at radius 1 is 1.10 bits per heavy atom. The van der Waals surface area contributed by atoms with E-state index in [1.54, 1.807) is 0 Å². The van der Waals surface area contributed by atoms with Crippen LogP contribution in [-0.2, 0) is 6.42 Å². The number of amides is 1. The molecule has 2 aromatic rings. The minimum Gasteiger partial charge on any atom is -0.347 e. The molecule has 3 heteroatoms. The van der Waals surface area contributed by atoms with Gasteiger partial charge in [-0.15, -0.1) is 0 Å². The first-order valence-corrected chi connectivity index (χ1v) is 7.28. The van der Waals surface area contributed by atoms with Crippen molar-refractivity contribution in [2.75, 3.05) is 0 Å². The highest BCUT2D eigenvalue weighted by atomic mass is 16.1. The number of hydrogen-bond acceptors (Lipinski definition) is 2. The summed E-state index contributed by atoms with van der Waals surface area (Å²) in [5.41, 5.74) is 11.4. The first-order chi connectivity index (χ1) is 10.1. The van der Waals surface area contributed by atoms with E-state index in [9.17, 15) is 4.79 Å². The second-order valence-corrected chi connectivity index (χ2v) is 5.78. The van der Waals surface area contributed by atoms with Gasteiger partial charge in [0.05, 0.1) is 12.1 Å². The van der Waals surface area contributed by atoms with E-state index in [1.807, 2.05) is 50.2 Å². The Kier molecular flexibility index (Phi) is 3.52. The highest BCUT2D eigenvalue weighted by molar-refractivity contribution is 5.97. The fourth-order valence-electron chi connectivity index (χ4n) is 3.18. The molecular weight excluding hydrogens is 260 g/mol. The van der Waals surface area contributed by atoms with Crippen LogP contribution in [0.2, 0.25) is 0 Å². The van der Waals surface area contributed by atoms with Gasteiger partial charge in [-0.2, -0.15) is 0 Å². The summed E-state index contributed by atoms with van der Waals surface area (Å²) in [7, 11) is 0. The third-order valence-electron chi connectivity index (χ3n) is 4.31. The fourth-order valence-corrected chi connectivity index (χ4v) is 3.18. The normalized spacial score (nSPS) is 20.1. The van der Waals surface area contributed by atoms with Gasteiger partial charge in [0.15, 0.2) is 0 Å². The second kappa shape index (κ2) is 5.34. The van der Waals surface area contributed by atoms with Gasteiger partial charge in [0.1, 0.15) is 0 Å². The lowest BCUT2D eigenvalue weighted by Gasteiger charge is -2.19. The van der Waals surface area contributed by atoms with E-state index >= 15 is 0 Å². The highest BCUT2D eigenvalue weighted by Crippen LogP contribution is 2.29.